The van der Waals surface area contributed by atoms with Crippen molar-refractivity contribution in [2.24, 2.45) is 0 Å². The Morgan fingerprint density at radius 1 is 0.541 bits per heavy atom. The van der Waals surface area contributed by atoms with Gasteiger partial charge in [0.1, 0.15) is 12.1 Å². The normalized spacial score (nSPS) is 12.1. The molecule has 7 rings (SSSR count). The van der Waals surface area contributed by atoms with Crippen LogP contribution in [0.5, 0.6) is 11.5 Å². The maximum atomic E-state index is 9.89. The Balaban J connectivity index is 1.43. The van der Waals surface area contributed by atoms with Crippen LogP contribution in [0.25, 0.3) is 22.3 Å². The molecule has 0 bridgehead atoms. The second kappa shape index (κ2) is 8.16. The zero-order chi connectivity index (χ0) is 24.9. The number of benzene rings is 5. The quantitative estimate of drug-likeness (QED) is 0.289. The summed E-state index contributed by atoms with van der Waals surface area (Å²) < 4.78 is 6.24. The first-order valence-corrected chi connectivity index (χ1v) is 12.1. The zero-order valence-corrected chi connectivity index (χ0v) is 19.8. The highest BCUT2D eigenvalue weighted by molar-refractivity contribution is 6.76. The Morgan fingerprint density at radius 2 is 1.08 bits per heavy atom. The minimum atomic E-state index is 0.398. The van der Waals surface area contributed by atoms with Crippen molar-refractivity contribution in [1.82, 2.24) is 0 Å². The molecule has 2 heterocycles. The van der Waals surface area contributed by atoms with Crippen LogP contribution in [-0.2, 0) is 0 Å². The molecule has 2 aliphatic rings. The number of nitriles is 2. The monoisotopic (exact) mass is 471 g/mol. The lowest BCUT2D eigenvalue weighted by atomic mass is 9.64. The van der Waals surface area contributed by atoms with Crippen molar-refractivity contribution >= 4 is 35.3 Å². The molecule has 0 N–H and O–H groups in total. The molecule has 0 fully saturated rings. The van der Waals surface area contributed by atoms with Gasteiger partial charge in [-0.3, -0.25) is 0 Å². The zero-order valence-electron chi connectivity index (χ0n) is 19.8. The van der Waals surface area contributed by atoms with Crippen molar-refractivity contribution in [3.8, 4) is 45.9 Å². The molecule has 0 saturated carbocycles. The molecule has 0 radical (unpaired) electrons. The summed E-state index contributed by atoms with van der Waals surface area (Å²) in [6, 6.07) is 38.8. The molecule has 37 heavy (non-hydrogen) atoms. The van der Waals surface area contributed by atoms with Crippen LogP contribution in [0.15, 0.2) is 103 Å². The molecule has 0 saturated heterocycles. The van der Waals surface area contributed by atoms with Crippen LogP contribution < -0.4 is 20.6 Å². The van der Waals surface area contributed by atoms with Gasteiger partial charge >= 0.3 is 0 Å². The fraction of sp³-hybridized carbons (Fsp3) is 0. The van der Waals surface area contributed by atoms with Crippen molar-refractivity contribution in [3.63, 3.8) is 0 Å². The SMILES string of the molecule is N#Cc1cccc(-c2cccc3c2Bc2c-3cccc2N2c3ccccc3Oc3ccccc32)c1C#N. The summed E-state index contributed by atoms with van der Waals surface area (Å²) >= 11 is 0. The molecular weight excluding hydrogens is 453 g/mol. The first-order valence-electron chi connectivity index (χ1n) is 12.1. The van der Waals surface area contributed by atoms with E-state index >= 15 is 0 Å². The van der Waals surface area contributed by atoms with Gasteiger partial charge in [0.2, 0.25) is 0 Å². The highest BCUT2D eigenvalue weighted by Crippen LogP contribution is 2.50. The standard InChI is InChI=1S/C32H18BN3O/c34-18-20-8-5-9-21(25(20)19-35)22-10-6-11-23-24-12-7-15-28(32(24)33-31(22)23)36-26-13-1-3-16-29(26)37-30-17-4-2-14-27(30)36/h1-17,33H. The predicted molar refractivity (Wildman–Crippen MR) is 148 cm³/mol. The van der Waals surface area contributed by atoms with E-state index in [1.165, 1.54) is 16.5 Å². The van der Waals surface area contributed by atoms with E-state index < -0.39 is 0 Å². The van der Waals surface area contributed by atoms with Gasteiger partial charge in [-0.15, -0.1) is 0 Å². The summed E-state index contributed by atoms with van der Waals surface area (Å²) in [6.07, 6.45) is 0. The van der Waals surface area contributed by atoms with Crippen molar-refractivity contribution in [1.29, 1.82) is 10.5 Å². The Kier molecular flexibility index (Phi) is 4.64. The highest BCUT2D eigenvalue weighted by atomic mass is 16.5. The van der Waals surface area contributed by atoms with Crippen molar-refractivity contribution in [2.75, 3.05) is 4.90 Å². The molecule has 4 nitrogen and oxygen atoms in total. The van der Waals surface area contributed by atoms with Gasteiger partial charge in [0.25, 0.3) is 0 Å². The van der Waals surface area contributed by atoms with Gasteiger partial charge in [-0.2, -0.15) is 10.5 Å². The third kappa shape index (κ3) is 3.08. The number of nitrogens with zero attached hydrogens (tertiary/aromatic N) is 3. The number of fused-ring (bicyclic) bond motifs is 5. The van der Waals surface area contributed by atoms with Gasteiger partial charge in [0.15, 0.2) is 18.8 Å². The minimum Gasteiger partial charge on any atom is -0.453 e. The Labute approximate surface area is 215 Å². The van der Waals surface area contributed by atoms with Crippen molar-refractivity contribution < 1.29 is 4.74 Å². The molecule has 5 heteroatoms. The molecule has 0 unspecified atom stereocenters. The predicted octanol–water partition coefficient (Wildman–Crippen LogP) is 6.04. The Morgan fingerprint density at radius 3 is 1.76 bits per heavy atom. The van der Waals surface area contributed by atoms with Crippen LogP contribution in [0, 0.1) is 22.7 Å². The first-order chi connectivity index (χ1) is 18.3. The van der Waals surface area contributed by atoms with Crippen LogP contribution in [-0.4, -0.2) is 7.28 Å². The van der Waals surface area contributed by atoms with Crippen LogP contribution >= 0.6 is 0 Å². The van der Waals surface area contributed by atoms with Crippen LogP contribution in [0.4, 0.5) is 17.1 Å². The summed E-state index contributed by atoms with van der Waals surface area (Å²) in [7, 11) is 0.723. The van der Waals surface area contributed by atoms with E-state index in [2.05, 4.69) is 59.5 Å². The summed E-state index contributed by atoms with van der Waals surface area (Å²) in [4.78, 5) is 2.29. The molecule has 5 aromatic rings. The minimum absolute atomic E-state index is 0.398. The maximum absolute atomic E-state index is 9.89. The van der Waals surface area contributed by atoms with E-state index in [1.807, 2.05) is 54.6 Å². The number of ether oxygens (including phenoxy) is 1. The molecular formula is C32H18BN3O. The maximum Gasteiger partial charge on any atom is 0.197 e. The molecule has 5 aromatic carbocycles. The molecule has 0 aliphatic carbocycles. The first kappa shape index (κ1) is 21.1. The second-order valence-corrected chi connectivity index (χ2v) is 9.14. The molecule has 0 amide bonds. The average Bonchev–Trinajstić information content (AvgIpc) is 3.35. The summed E-state index contributed by atoms with van der Waals surface area (Å²) in [6.45, 7) is 0. The van der Waals surface area contributed by atoms with Gasteiger partial charge in [0, 0.05) is 11.3 Å². The van der Waals surface area contributed by atoms with E-state index in [9.17, 15) is 10.5 Å². The van der Waals surface area contributed by atoms with Gasteiger partial charge in [-0.25, -0.2) is 0 Å². The number of hydrogen-bond acceptors (Lipinski definition) is 4. The topological polar surface area (TPSA) is 60.1 Å². The Hall–Kier alpha value is -5.26. The van der Waals surface area contributed by atoms with Crippen molar-refractivity contribution in [3.05, 3.63) is 114 Å². The van der Waals surface area contributed by atoms with E-state index in [0.29, 0.717) is 11.1 Å². The lowest BCUT2D eigenvalue weighted by Gasteiger charge is -2.34. The molecule has 0 spiro atoms. The number of anilines is 3. The summed E-state index contributed by atoms with van der Waals surface area (Å²) in [5.74, 6) is 1.64. The number of rotatable bonds is 2. The lowest BCUT2D eigenvalue weighted by Crippen LogP contribution is -2.29. The van der Waals surface area contributed by atoms with Crippen LogP contribution in [0.3, 0.4) is 0 Å². The Bertz CT molecular complexity index is 1780. The fourth-order valence-electron chi connectivity index (χ4n) is 5.64. The largest absolute Gasteiger partial charge is 0.453 e. The molecule has 2 aliphatic heterocycles. The molecule has 0 aromatic heterocycles. The average molecular weight is 471 g/mol. The second-order valence-electron chi connectivity index (χ2n) is 9.14. The van der Waals surface area contributed by atoms with Crippen LogP contribution in [0.2, 0.25) is 0 Å². The van der Waals surface area contributed by atoms with E-state index in [-0.39, 0.29) is 0 Å². The summed E-state index contributed by atoms with van der Waals surface area (Å²) in [5, 5.41) is 19.5. The number of para-hydroxylation sites is 4. The summed E-state index contributed by atoms with van der Waals surface area (Å²) in [5.41, 5.74) is 10.5. The van der Waals surface area contributed by atoms with Gasteiger partial charge < -0.3 is 9.64 Å². The van der Waals surface area contributed by atoms with Crippen molar-refractivity contribution in [2.45, 2.75) is 0 Å². The molecule has 170 valence electrons. The third-order valence-electron chi connectivity index (χ3n) is 7.23. The van der Waals surface area contributed by atoms with Crippen LogP contribution in [0.1, 0.15) is 11.1 Å². The smallest absolute Gasteiger partial charge is 0.197 e. The third-order valence-corrected chi connectivity index (χ3v) is 7.23. The highest BCUT2D eigenvalue weighted by Gasteiger charge is 2.31. The van der Waals surface area contributed by atoms with E-state index in [0.717, 1.165) is 52.5 Å². The van der Waals surface area contributed by atoms with E-state index in [4.69, 9.17) is 4.74 Å². The van der Waals surface area contributed by atoms with Gasteiger partial charge in [0.05, 0.1) is 22.5 Å². The molecule has 0 atom stereocenters. The lowest BCUT2D eigenvalue weighted by molar-refractivity contribution is 0.477. The van der Waals surface area contributed by atoms with E-state index in [1.54, 1.807) is 6.07 Å². The fourth-order valence-corrected chi connectivity index (χ4v) is 5.64. The van der Waals surface area contributed by atoms with Gasteiger partial charge in [-0.05, 0) is 58.6 Å². The van der Waals surface area contributed by atoms with Gasteiger partial charge in [-0.1, -0.05) is 72.2 Å². The number of hydrogen-bond donors (Lipinski definition) is 0.